The lowest BCUT2D eigenvalue weighted by Crippen LogP contribution is -2.30. The molecule has 1 N–H and O–H groups in total. The van der Waals surface area contributed by atoms with Crippen LogP contribution in [0.2, 0.25) is 5.02 Å². The Kier molecular flexibility index (Phi) is 5.87. The summed E-state index contributed by atoms with van der Waals surface area (Å²) < 4.78 is 0. The van der Waals surface area contributed by atoms with Crippen LogP contribution in [0, 0.1) is 13.8 Å². The minimum atomic E-state index is -0.488. The molecule has 5 nitrogen and oxygen atoms in total. The number of carbonyl (C=O) groups excluding carboxylic acids is 2. The molecule has 2 amide bonds. The largest absolute Gasteiger partial charge is 0.326 e. The van der Waals surface area contributed by atoms with Crippen LogP contribution in [0.15, 0.2) is 47.5 Å². The Balaban J connectivity index is 1.69. The molecular weight excluding hydrogens is 382 g/mol. The van der Waals surface area contributed by atoms with Gasteiger partial charge in [0.15, 0.2) is 5.17 Å². The second kappa shape index (κ2) is 8.15. The molecule has 1 aliphatic heterocycles. The van der Waals surface area contributed by atoms with Crippen molar-refractivity contribution in [2.24, 2.45) is 4.99 Å². The summed E-state index contributed by atoms with van der Waals surface area (Å²) in [6.45, 7) is 3.88. The zero-order chi connectivity index (χ0) is 19.6. The zero-order valence-electron chi connectivity index (χ0n) is 15.3. The van der Waals surface area contributed by atoms with Crippen LogP contribution >= 0.6 is 23.4 Å². The highest BCUT2D eigenvalue weighted by Crippen LogP contribution is 2.31. The molecule has 0 aromatic heterocycles. The van der Waals surface area contributed by atoms with Crippen molar-refractivity contribution in [3.63, 3.8) is 0 Å². The second-order valence-electron chi connectivity index (χ2n) is 6.45. The lowest BCUT2D eigenvalue weighted by Gasteiger charge is -2.11. The van der Waals surface area contributed by atoms with Gasteiger partial charge in [0.25, 0.3) is 0 Å². The Morgan fingerprint density at radius 3 is 2.78 bits per heavy atom. The molecule has 1 aliphatic rings. The van der Waals surface area contributed by atoms with Crippen molar-refractivity contribution in [3.8, 4) is 0 Å². The number of halogens is 1. The van der Waals surface area contributed by atoms with Gasteiger partial charge in [0.1, 0.15) is 5.25 Å². The number of hydrogen-bond donors (Lipinski definition) is 1. The molecule has 1 saturated heterocycles. The molecule has 2 aromatic carbocycles. The van der Waals surface area contributed by atoms with E-state index < -0.39 is 5.25 Å². The molecule has 0 saturated carbocycles. The summed E-state index contributed by atoms with van der Waals surface area (Å²) >= 11 is 7.30. The summed E-state index contributed by atoms with van der Waals surface area (Å²) in [6, 6.07) is 13.1. The number of rotatable bonds is 4. The van der Waals surface area contributed by atoms with Crippen LogP contribution in [0.5, 0.6) is 0 Å². The van der Waals surface area contributed by atoms with Crippen molar-refractivity contribution in [1.82, 2.24) is 4.90 Å². The SMILES string of the molecule is Cc1cccc(N=C2SC(CC(=O)Nc3cc(Cl)ccc3C)C(=O)N2C)c1. The van der Waals surface area contributed by atoms with Crippen molar-refractivity contribution in [2.75, 3.05) is 12.4 Å². The van der Waals surface area contributed by atoms with Gasteiger partial charge in [0.2, 0.25) is 11.8 Å². The van der Waals surface area contributed by atoms with Gasteiger partial charge in [-0.15, -0.1) is 0 Å². The van der Waals surface area contributed by atoms with E-state index in [1.807, 2.05) is 44.2 Å². The molecular formula is C20H20ClN3O2S. The van der Waals surface area contributed by atoms with Crippen LogP contribution in [0.25, 0.3) is 0 Å². The number of nitrogens with zero attached hydrogens (tertiary/aromatic N) is 2. The van der Waals surface area contributed by atoms with Gasteiger partial charge in [-0.05, 0) is 49.2 Å². The Morgan fingerprint density at radius 1 is 1.26 bits per heavy atom. The van der Waals surface area contributed by atoms with E-state index in [2.05, 4.69) is 10.3 Å². The fourth-order valence-corrected chi connectivity index (χ4v) is 4.03. The quantitative estimate of drug-likeness (QED) is 0.817. The summed E-state index contributed by atoms with van der Waals surface area (Å²) in [5.41, 5.74) is 3.46. The highest BCUT2D eigenvalue weighted by atomic mass is 35.5. The van der Waals surface area contributed by atoms with Crippen LogP contribution in [0.3, 0.4) is 0 Å². The predicted molar refractivity (Wildman–Crippen MR) is 112 cm³/mol. The van der Waals surface area contributed by atoms with Gasteiger partial charge in [0, 0.05) is 24.2 Å². The van der Waals surface area contributed by atoms with E-state index >= 15 is 0 Å². The van der Waals surface area contributed by atoms with Crippen LogP contribution in [0.1, 0.15) is 17.5 Å². The Hall–Kier alpha value is -2.31. The summed E-state index contributed by atoms with van der Waals surface area (Å²) in [7, 11) is 1.68. The molecule has 2 aromatic rings. The van der Waals surface area contributed by atoms with E-state index in [9.17, 15) is 9.59 Å². The number of amides is 2. The monoisotopic (exact) mass is 401 g/mol. The van der Waals surface area contributed by atoms with Crippen molar-refractivity contribution in [1.29, 1.82) is 0 Å². The van der Waals surface area contributed by atoms with Gasteiger partial charge in [-0.25, -0.2) is 4.99 Å². The highest BCUT2D eigenvalue weighted by Gasteiger charge is 2.37. The minimum absolute atomic E-state index is 0.0760. The summed E-state index contributed by atoms with van der Waals surface area (Å²) in [5.74, 6) is -0.346. The lowest BCUT2D eigenvalue weighted by atomic mass is 10.2. The first kappa shape index (κ1) is 19.5. The Bertz CT molecular complexity index is 929. The Labute approximate surface area is 167 Å². The van der Waals surface area contributed by atoms with Gasteiger partial charge >= 0.3 is 0 Å². The van der Waals surface area contributed by atoms with Crippen molar-refractivity contribution in [3.05, 3.63) is 58.6 Å². The van der Waals surface area contributed by atoms with Crippen molar-refractivity contribution >= 4 is 51.7 Å². The fourth-order valence-electron chi connectivity index (χ4n) is 2.70. The molecule has 1 fully saturated rings. The molecule has 0 aliphatic carbocycles. The fraction of sp³-hybridized carbons (Fsp3) is 0.250. The molecule has 0 spiro atoms. The normalized spacial score (nSPS) is 18.2. The van der Waals surface area contributed by atoms with E-state index in [0.29, 0.717) is 15.9 Å². The van der Waals surface area contributed by atoms with Gasteiger partial charge in [0.05, 0.1) is 5.69 Å². The third kappa shape index (κ3) is 4.70. The third-order valence-electron chi connectivity index (χ3n) is 4.21. The van der Waals surface area contributed by atoms with E-state index in [-0.39, 0.29) is 18.2 Å². The van der Waals surface area contributed by atoms with Crippen molar-refractivity contribution in [2.45, 2.75) is 25.5 Å². The molecule has 1 heterocycles. The number of aryl methyl sites for hydroxylation is 2. The molecule has 1 unspecified atom stereocenters. The topological polar surface area (TPSA) is 61.8 Å². The standard InChI is InChI=1S/C20H20ClN3O2S/c1-12-5-4-6-15(9-12)22-20-24(3)19(26)17(27-20)11-18(25)23-16-10-14(21)8-7-13(16)2/h4-10,17H,11H2,1-3H3,(H,23,25). The summed E-state index contributed by atoms with van der Waals surface area (Å²) in [6.07, 6.45) is 0.0760. The molecule has 0 bridgehead atoms. The first-order valence-corrected chi connectivity index (χ1v) is 9.75. The summed E-state index contributed by atoms with van der Waals surface area (Å²) in [4.78, 5) is 31.0. The van der Waals surface area contributed by atoms with Gasteiger partial charge in [-0.2, -0.15) is 0 Å². The highest BCUT2D eigenvalue weighted by molar-refractivity contribution is 8.15. The van der Waals surface area contributed by atoms with Gasteiger partial charge in [-0.3, -0.25) is 14.5 Å². The number of thioether (sulfide) groups is 1. The average molecular weight is 402 g/mol. The van der Waals surface area contributed by atoms with E-state index in [4.69, 9.17) is 11.6 Å². The predicted octanol–water partition coefficient (Wildman–Crippen LogP) is 4.55. The number of carbonyl (C=O) groups is 2. The number of amidine groups is 1. The number of benzene rings is 2. The molecule has 27 heavy (non-hydrogen) atoms. The van der Waals surface area contributed by atoms with E-state index in [1.54, 1.807) is 19.2 Å². The smallest absolute Gasteiger partial charge is 0.242 e. The zero-order valence-corrected chi connectivity index (χ0v) is 16.9. The van der Waals surface area contributed by atoms with Crippen LogP contribution in [-0.2, 0) is 9.59 Å². The molecule has 0 radical (unpaired) electrons. The maximum Gasteiger partial charge on any atom is 0.242 e. The maximum atomic E-state index is 12.5. The summed E-state index contributed by atoms with van der Waals surface area (Å²) in [5, 5.41) is 3.50. The third-order valence-corrected chi connectivity index (χ3v) is 5.68. The number of nitrogens with one attached hydrogen (secondary N) is 1. The van der Waals surface area contributed by atoms with Crippen LogP contribution < -0.4 is 5.32 Å². The average Bonchev–Trinajstić information content (AvgIpc) is 2.86. The minimum Gasteiger partial charge on any atom is -0.326 e. The molecule has 3 rings (SSSR count). The number of hydrogen-bond acceptors (Lipinski definition) is 4. The molecule has 7 heteroatoms. The lowest BCUT2D eigenvalue weighted by molar-refractivity contribution is -0.127. The first-order valence-electron chi connectivity index (χ1n) is 8.49. The first-order chi connectivity index (χ1) is 12.8. The molecule has 140 valence electrons. The van der Waals surface area contributed by atoms with E-state index in [0.717, 1.165) is 16.8 Å². The van der Waals surface area contributed by atoms with Gasteiger partial charge in [-0.1, -0.05) is 41.6 Å². The van der Waals surface area contributed by atoms with Gasteiger partial charge < -0.3 is 5.32 Å². The Morgan fingerprint density at radius 2 is 2.04 bits per heavy atom. The number of anilines is 1. The van der Waals surface area contributed by atoms with Crippen molar-refractivity contribution < 1.29 is 9.59 Å². The number of aliphatic imine (C=N–C) groups is 1. The maximum absolute atomic E-state index is 12.5. The van der Waals surface area contributed by atoms with Crippen LogP contribution in [0.4, 0.5) is 11.4 Å². The molecule has 1 atom stereocenters. The van der Waals surface area contributed by atoms with Crippen LogP contribution in [-0.4, -0.2) is 34.2 Å². The second-order valence-corrected chi connectivity index (χ2v) is 8.05. The van der Waals surface area contributed by atoms with E-state index in [1.165, 1.54) is 16.7 Å².